The van der Waals surface area contributed by atoms with E-state index in [-0.39, 0.29) is 6.04 Å². The lowest BCUT2D eigenvalue weighted by Gasteiger charge is -2.34. The van der Waals surface area contributed by atoms with Crippen LogP contribution in [0.1, 0.15) is 25.8 Å². The quantitative estimate of drug-likeness (QED) is 0.689. The molecule has 82 valence electrons. The van der Waals surface area contributed by atoms with E-state index in [9.17, 15) is 8.78 Å². The maximum atomic E-state index is 13.5. The highest BCUT2D eigenvalue weighted by Crippen LogP contribution is 2.31. The molecule has 15 heavy (non-hydrogen) atoms. The zero-order valence-electron chi connectivity index (χ0n) is 9.06. The Morgan fingerprint density at radius 3 is 2.67 bits per heavy atom. The Morgan fingerprint density at radius 2 is 2.00 bits per heavy atom. The molecule has 0 fully saturated rings. The van der Waals surface area contributed by atoms with E-state index in [4.69, 9.17) is 0 Å². The van der Waals surface area contributed by atoms with Gasteiger partial charge in [0.25, 0.3) is 0 Å². The van der Waals surface area contributed by atoms with Crippen molar-refractivity contribution in [2.24, 2.45) is 0 Å². The van der Waals surface area contributed by atoms with Gasteiger partial charge >= 0.3 is 0 Å². The Kier molecular flexibility index (Phi) is 2.63. The normalized spacial score (nSPS) is 15.7. The molecule has 1 nitrogen and oxygen atoms in total. The van der Waals surface area contributed by atoms with Crippen molar-refractivity contribution in [2.75, 3.05) is 11.4 Å². The van der Waals surface area contributed by atoms with Crippen LogP contribution in [0.2, 0.25) is 0 Å². The van der Waals surface area contributed by atoms with Crippen LogP contribution in [0.3, 0.4) is 0 Å². The molecule has 1 aliphatic heterocycles. The van der Waals surface area contributed by atoms with Gasteiger partial charge in [0.05, 0.1) is 0 Å². The fraction of sp³-hybridized carbons (Fsp3) is 0.500. The summed E-state index contributed by atoms with van der Waals surface area (Å²) in [4.78, 5) is 2.06. The van der Waals surface area contributed by atoms with Crippen molar-refractivity contribution in [1.29, 1.82) is 0 Å². The van der Waals surface area contributed by atoms with Crippen LogP contribution < -0.4 is 4.90 Å². The first-order valence-electron chi connectivity index (χ1n) is 5.34. The third-order valence-corrected chi connectivity index (χ3v) is 2.90. The zero-order valence-corrected chi connectivity index (χ0v) is 9.06. The van der Waals surface area contributed by atoms with E-state index < -0.39 is 11.6 Å². The summed E-state index contributed by atoms with van der Waals surface area (Å²) in [6, 6.07) is 2.70. The predicted molar refractivity (Wildman–Crippen MR) is 57.2 cm³/mol. The van der Waals surface area contributed by atoms with Crippen molar-refractivity contribution < 1.29 is 8.78 Å². The molecule has 1 aromatic carbocycles. The number of nitrogens with zero attached hydrogens (tertiary/aromatic N) is 1. The van der Waals surface area contributed by atoms with Gasteiger partial charge in [-0.25, -0.2) is 8.78 Å². The van der Waals surface area contributed by atoms with Gasteiger partial charge in [0, 0.05) is 29.9 Å². The number of halogens is 2. The van der Waals surface area contributed by atoms with Gasteiger partial charge in [-0.2, -0.15) is 0 Å². The number of rotatable bonds is 1. The van der Waals surface area contributed by atoms with E-state index in [2.05, 4.69) is 4.90 Å². The number of fused-ring (bicyclic) bond motifs is 1. The second-order valence-electron chi connectivity index (χ2n) is 4.28. The van der Waals surface area contributed by atoms with Crippen molar-refractivity contribution in [3.05, 3.63) is 29.3 Å². The molecule has 1 aliphatic rings. The Balaban J connectivity index is 2.50. The van der Waals surface area contributed by atoms with E-state index in [0.717, 1.165) is 24.7 Å². The SMILES string of the molecule is CC(C)N1CCCc2c(F)cc(F)cc21. The molecule has 0 spiro atoms. The second-order valence-corrected chi connectivity index (χ2v) is 4.28. The maximum absolute atomic E-state index is 13.5. The van der Waals surface area contributed by atoms with Crippen LogP contribution >= 0.6 is 0 Å². The molecule has 0 saturated carbocycles. The summed E-state index contributed by atoms with van der Waals surface area (Å²) in [7, 11) is 0. The van der Waals surface area contributed by atoms with Crippen molar-refractivity contribution in [3.8, 4) is 0 Å². The minimum absolute atomic E-state index is 0.283. The average Bonchev–Trinajstić information content (AvgIpc) is 2.16. The summed E-state index contributed by atoms with van der Waals surface area (Å²) in [5.41, 5.74) is 1.39. The molecule has 0 bridgehead atoms. The first-order chi connectivity index (χ1) is 7.09. The van der Waals surface area contributed by atoms with Crippen LogP contribution in [0, 0.1) is 11.6 Å². The number of anilines is 1. The van der Waals surface area contributed by atoms with E-state index in [1.54, 1.807) is 0 Å². The Labute approximate surface area is 88.7 Å². The summed E-state index contributed by atoms with van der Waals surface area (Å²) in [5.74, 6) is -0.894. The van der Waals surface area contributed by atoms with Crippen molar-refractivity contribution in [3.63, 3.8) is 0 Å². The lowest BCUT2D eigenvalue weighted by molar-refractivity contribution is 0.547. The van der Waals surface area contributed by atoms with Gasteiger partial charge in [0.15, 0.2) is 0 Å². The first-order valence-corrected chi connectivity index (χ1v) is 5.34. The molecular weight excluding hydrogens is 196 g/mol. The standard InChI is InChI=1S/C12H15F2N/c1-8(2)15-5-3-4-10-11(14)6-9(13)7-12(10)15/h6-8H,3-5H2,1-2H3. The lowest BCUT2D eigenvalue weighted by atomic mass is 10.00. The summed E-state index contributed by atoms with van der Waals surface area (Å²) in [5, 5.41) is 0. The minimum atomic E-state index is -0.487. The highest BCUT2D eigenvalue weighted by atomic mass is 19.1. The predicted octanol–water partition coefficient (Wildman–Crippen LogP) is 3.13. The number of hydrogen-bond acceptors (Lipinski definition) is 1. The fourth-order valence-corrected chi connectivity index (χ4v) is 2.18. The first kappa shape index (κ1) is 10.4. The van der Waals surface area contributed by atoms with Gasteiger partial charge in [0.1, 0.15) is 11.6 Å². The van der Waals surface area contributed by atoms with Gasteiger partial charge in [-0.3, -0.25) is 0 Å². The van der Waals surface area contributed by atoms with Gasteiger partial charge in [-0.15, -0.1) is 0 Å². The summed E-state index contributed by atoms with van der Waals surface area (Å²) in [6.07, 6.45) is 1.65. The van der Waals surface area contributed by atoms with Crippen LogP contribution in [0.5, 0.6) is 0 Å². The zero-order chi connectivity index (χ0) is 11.0. The molecule has 0 saturated heterocycles. The number of benzene rings is 1. The van der Waals surface area contributed by atoms with Gasteiger partial charge < -0.3 is 4.90 Å². The Hall–Kier alpha value is -1.12. The molecule has 0 N–H and O–H groups in total. The Morgan fingerprint density at radius 1 is 1.27 bits per heavy atom. The minimum Gasteiger partial charge on any atom is -0.369 e. The van der Waals surface area contributed by atoms with E-state index in [1.165, 1.54) is 6.07 Å². The molecule has 0 aromatic heterocycles. The molecule has 3 heteroatoms. The highest BCUT2D eigenvalue weighted by molar-refractivity contribution is 5.56. The third-order valence-electron chi connectivity index (χ3n) is 2.90. The van der Waals surface area contributed by atoms with Crippen molar-refractivity contribution in [2.45, 2.75) is 32.7 Å². The largest absolute Gasteiger partial charge is 0.369 e. The topological polar surface area (TPSA) is 3.24 Å². The molecule has 0 unspecified atom stereocenters. The molecule has 2 rings (SSSR count). The van der Waals surface area contributed by atoms with Gasteiger partial charge in [0.2, 0.25) is 0 Å². The van der Waals surface area contributed by atoms with Crippen LogP contribution in [0.25, 0.3) is 0 Å². The van der Waals surface area contributed by atoms with E-state index >= 15 is 0 Å². The van der Waals surface area contributed by atoms with Gasteiger partial charge in [-0.1, -0.05) is 0 Å². The lowest BCUT2D eigenvalue weighted by Crippen LogP contribution is -2.35. The fourth-order valence-electron chi connectivity index (χ4n) is 2.18. The van der Waals surface area contributed by atoms with Crippen LogP contribution in [0.15, 0.2) is 12.1 Å². The van der Waals surface area contributed by atoms with Crippen molar-refractivity contribution >= 4 is 5.69 Å². The molecule has 0 radical (unpaired) electrons. The maximum Gasteiger partial charge on any atom is 0.131 e. The van der Waals surface area contributed by atoms with Crippen LogP contribution in [-0.2, 0) is 6.42 Å². The monoisotopic (exact) mass is 211 g/mol. The Bertz CT molecular complexity index is 374. The summed E-state index contributed by atoms with van der Waals surface area (Å²) in [6.45, 7) is 4.96. The third kappa shape index (κ3) is 1.83. The highest BCUT2D eigenvalue weighted by Gasteiger charge is 2.22. The number of hydrogen-bond donors (Lipinski definition) is 0. The summed E-state index contributed by atoms with van der Waals surface area (Å²) < 4.78 is 26.6. The molecule has 1 aromatic rings. The average molecular weight is 211 g/mol. The van der Waals surface area contributed by atoms with Crippen LogP contribution in [-0.4, -0.2) is 12.6 Å². The molecule has 0 amide bonds. The van der Waals surface area contributed by atoms with Crippen molar-refractivity contribution in [1.82, 2.24) is 0 Å². The van der Waals surface area contributed by atoms with Gasteiger partial charge in [-0.05, 0) is 32.8 Å². The summed E-state index contributed by atoms with van der Waals surface area (Å²) >= 11 is 0. The molecule has 1 heterocycles. The second kappa shape index (κ2) is 3.80. The van der Waals surface area contributed by atoms with E-state index in [1.807, 2.05) is 13.8 Å². The molecular formula is C12H15F2N. The molecule has 0 aliphatic carbocycles. The smallest absolute Gasteiger partial charge is 0.131 e. The van der Waals surface area contributed by atoms with E-state index in [0.29, 0.717) is 12.0 Å². The van der Waals surface area contributed by atoms with Crippen LogP contribution in [0.4, 0.5) is 14.5 Å². The molecule has 0 atom stereocenters.